The average molecular weight is 427 g/mol. The number of rotatable bonds is 7. The first-order valence-corrected chi connectivity index (χ1v) is 12.1. The Labute approximate surface area is 186 Å². The zero-order valence-corrected chi connectivity index (χ0v) is 19.5. The molecule has 1 fully saturated rings. The van der Waals surface area contributed by atoms with Gasteiger partial charge in [-0.2, -0.15) is 0 Å². The highest BCUT2D eigenvalue weighted by Crippen LogP contribution is 2.45. The van der Waals surface area contributed by atoms with Crippen LogP contribution < -0.4 is 5.32 Å². The third-order valence-corrected chi connectivity index (χ3v) is 7.35. The van der Waals surface area contributed by atoms with Crippen molar-refractivity contribution in [3.05, 3.63) is 34.5 Å². The van der Waals surface area contributed by atoms with Crippen LogP contribution in [0.15, 0.2) is 12.1 Å². The number of benzene rings is 1. The van der Waals surface area contributed by atoms with E-state index in [2.05, 4.69) is 41.2 Å². The molecule has 2 aromatic rings. The smallest absolute Gasteiger partial charge is 0.317 e. The van der Waals surface area contributed by atoms with Crippen LogP contribution in [0.3, 0.4) is 0 Å². The summed E-state index contributed by atoms with van der Waals surface area (Å²) < 4.78 is 0. The molecular weight excluding hydrogens is 388 g/mol. The normalized spacial score (nSPS) is 23.1. The van der Waals surface area contributed by atoms with E-state index < -0.39 is 0 Å². The molecule has 0 saturated carbocycles. The van der Waals surface area contributed by atoms with E-state index in [4.69, 9.17) is 0 Å². The number of aliphatic hydroxyl groups is 1. The Morgan fingerprint density at radius 1 is 1.26 bits per heavy atom. The summed E-state index contributed by atoms with van der Waals surface area (Å²) in [5.74, 6) is 0.365. The van der Waals surface area contributed by atoms with Gasteiger partial charge in [-0.05, 0) is 68.8 Å². The van der Waals surface area contributed by atoms with Gasteiger partial charge in [0.2, 0.25) is 0 Å². The van der Waals surface area contributed by atoms with E-state index in [1.165, 1.54) is 22.2 Å². The first-order chi connectivity index (χ1) is 15.0. The van der Waals surface area contributed by atoms with Crippen molar-refractivity contribution in [2.75, 3.05) is 26.2 Å². The highest BCUT2D eigenvalue weighted by atomic mass is 16.3. The second kappa shape index (κ2) is 9.21. The summed E-state index contributed by atoms with van der Waals surface area (Å²) in [5.41, 5.74) is 6.27. The number of hydrogen-bond acceptors (Lipinski definition) is 3. The maximum atomic E-state index is 12.8. The van der Waals surface area contributed by atoms with Gasteiger partial charge in [0.25, 0.3) is 0 Å². The summed E-state index contributed by atoms with van der Waals surface area (Å²) in [6.45, 7) is 12.0. The molecule has 3 N–H and O–H groups in total. The van der Waals surface area contributed by atoms with Crippen LogP contribution in [0.4, 0.5) is 4.79 Å². The Morgan fingerprint density at radius 2 is 2.03 bits per heavy atom. The van der Waals surface area contributed by atoms with Gasteiger partial charge < -0.3 is 20.3 Å². The highest BCUT2D eigenvalue weighted by Gasteiger charge is 2.42. The maximum Gasteiger partial charge on any atom is 0.317 e. The van der Waals surface area contributed by atoms with Gasteiger partial charge in [0.15, 0.2) is 0 Å². The summed E-state index contributed by atoms with van der Waals surface area (Å²) >= 11 is 0. The van der Waals surface area contributed by atoms with Crippen LogP contribution in [0.2, 0.25) is 0 Å². The molecule has 6 nitrogen and oxygen atoms in total. The van der Waals surface area contributed by atoms with Gasteiger partial charge in [0, 0.05) is 54.2 Å². The van der Waals surface area contributed by atoms with Gasteiger partial charge in [0.1, 0.15) is 0 Å². The predicted octanol–water partition coefficient (Wildman–Crippen LogP) is 3.77. The molecule has 0 radical (unpaired) electrons. The van der Waals surface area contributed by atoms with Crippen molar-refractivity contribution in [3.63, 3.8) is 0 Å². The molecule has 3 atom stereocenters. The van der Waals surface area contributed by atoms with Crippen molar-refractivity contribution in [2.45, 2.75) is 78.0 Å². The van der Waals surface area contributed by atoms with Crippen LogP contribution in [0.5, 0.6) is 0 Å². The largest absolute Gasteiger partial charge is 0.392 e. The first-order valence-electron chi connectivity index (χ1n) is 12.1. The highest BCUT2D eigenvalue weighted by molar-refractivity contribution is 5.90. The lowest BCUT2D eigenvalue weighted by Crippen LogP contribution is -2.58. The number of carbonyl (C=O) groups is 1. The lowest BCUT2D eigenvalue weighted by atomic mass is 9.73. The van der Waals surface area contributed by atoms with Gasteiger partial charge in [-0.3, -0.25) is 4.90 Å². The van der Waals surface area contributed by atoms with E-state index in [9.17, 15) is 9.90 Å². The van der Waals surface area contributed by atoms with Crippen molar-refractivity contribution in [2.24, 2.45) is 0 Å². The second-order valence-electron chi connectivity index (χ2n) is 9.13. The minimum absolute atomic E-state index is 0.0468. The number of carbonyl (C=O) groups excluding carboxylic acids is 1. The zero-order chi connectivity index (χ0) is 22.1. The number of nitrogens with one attached hydrogen (secondary N) is 2. The monoisotopic (exact) mass is 426 g/mol. The number of fused-ring (bicyclic) bond motifs is 2. The Balaban J connectivity index is 1.72. The summed E-state index contributed by atoms with van der Waals surface area (Å²) in [6, 6.07) is 4.96. The fraction of sp³-hybridized carbons (Fsp3) is 0.640. The molecule has 31 heavy (non-hydrogen) atoms. The number of likely N-dealkylation sites (tertiary alicyclic amines) is 1. The van der Waals surface area contributed by atoms with Crippen molar-refractivity contribution in [1.29, 1.82) is 0 Å². The number of aromatic nitrogens is 1. The summed E-state index contributed by atoms with van der Waals surface area (Å²) in [6.07, 6.45) is 4.11. The fourth-order valence-electron chi connectivity index (χ4n) is 5.91. The van der Waals surface area contributed by atoms with Crippen LogP contribution in [0.25, 0.3) is 10.9 Å². The Hall–Kier alpha value is -2.05. The molecule has 2 amide bonds. The average Bonchev–Trinajstić information content (AvgIpc) is 3.13. The number of amides is 2. The Bertz CT molecular complexity index is 933. The number of hydrogen-bond donors (Lipinski definition) is 3. The Morgan fingerprint density at radius 3 is 2.68 bits per heavy atom. The number of piperidine rings is 1. The van der Waals surface area contributed by atoms with E-state index in [0.29, 0.717) is 12.0 Å². The van der Waals surface area contributed by atoms with Crippen LogP contribution >= 0.6 is 0 Å². The van der Waals surface area contributed by atoms with Crippen LogP contribution in [0, 0.1) is 0 Å². The number of aliphatic hydroxyl groups excluding tert-OH is 1. The molecule has 1 aromatic carbocycles. The number of urea groups is 1. The maximum absolute atomic E-state index is 12.8. The third kappa shape index (κ3) is 3.96. The van der Waals surface area contributed by atoms with Gasteiger partial charge >= 0.3 is 6.03 Å². The lowest BCUT2D eigenvalue weighted by Gasteiger charge is -2.47. The summed E-state index contributed by atoms with van der Waals surface area (Å²) in [5, 5.41) is 14.6. The minimum atomic E-state index is 0.0468. The second-order valence-corrected chi connectivity index (χ2v) is 9.13. The molecule has 6 heteroatoms. The molecule has 2 aliphatic rings. The van der Waals surface area contributed by atoms with Crippen LogP contribution in [-0.2, 0) is 19.4 Å². The standard InChI is InChI=1S/C25H38N4O2/c1-5-9-29-14-17(26-25(31)28(7-3)8-4)12-18-19-10-16(15-30)11-22-24(19)20(13-23(18)29)21(6-2)27-22/h10-11,17-18,23,27,30H,5-9,12-15H2,1-4H3,(H,26,31)/t17-,18?,23+/m0/s1. The number of aryl methyl sites for hydroxylation is 1. The van der Waals surface area contributed by atoms with Crippen LogP contribution in [-0.4, -0.2) is 64.2 Å². The molecule has 4 rings (SSSR count). The van der Waals surface area contributed by atoms with Gasteiger partial charge in [-0.15, -0.1) is 0 Å². The molecular formula is C25H38N4O2. The fourth-order valence-corrected chi connectivity index (χ4v) is 5.91. The van der Waals surface area contributed by atoms with E-state index in [0.717, 1.165) is 62.9 Å². The summed E-state index contributed by atoms with van der Waals surface area (Å²) in [7, 11) is 0. The van der Waals surface area contributed by atoms with E-state index in [1.807, 2.05) is 18.7 Å². The van der Waals surface area contributed by atoms with Gasteiger partial charge in [-0.1, -0.05) is 19.9 Å². The molecule has 1 aliphatic carbocycles. The molecule has 1 aromatic heterocycles. The quantitative estimate of drug-likeness (QED) is 0.631. The molecule has 1 unspecified atom stereocenters. The third-order valence-electron chi connectivity index (χ3n) is 7.35. The number of nitrogens with zero attached hydrogens (tertiary/aromatic N) is 2. The van der Waals surface area contributed by atoms with Crippen molar-refractivity contribution in [1.82, 2.24) is 20.1 Å². The van der Waals surface area contributed by atoms with Crippen molar-refractivity contribution < 1.29 is 9.90 Å². The van der Waals surface area contributed by atoms with E-state index in [-0.39, 0.29) is 18.7 Å². The zero-order valence-electron chi connectivity index (χ0n) is 19.5. The molecule has 0 spiro atoms. The molecule has 1 saturated heterocycles. The predicted molar refractivity (Wildman–Crippen MR) is 126 cm³/mol. The van der Waals surface area contributed by atoms with E-state index in [1.54, 1.807) is 0 Å². The number of H-pyrrole nitrogens is 1. The first kappa shape index (κ1) is 22.2. The minimum Gasteiger partial charge on any atom is -0.392 e. The Kier molecular flexibility index (Phi) is 6.58. The molecule has 170 valence electrons. The topological polar surface area (TPSA) is 71.6 Å². The molecule has 1 aliphatic heterocycles. The van der Waals surface area contributed by atoms with Crippen LogP contribution in [0.1, 0.15) is 68.8 Å². The van der Waals surface area contributed by atoms with Crippen molar-refractivity contribution >= 4 is 16.9 Å². The van der Waals surface area contributed by atoms with E-state index >= 15 is 0 Å². The SMILES string of the molecule is CCCN1C[C@@H](NC(=O)N(CC)CC)CC2c3cc(CO)cc4[nH]c(CC)c(c34)C[C@H]21. The molecule has 2 heterocycles. The van der Waals surface area contributed by atoms with Crippen molar-refractivity contribution in [3.8, 4) is 0 Å². The number of aromatic amines is 1. The summed E-state index contributed by atoms with van der Waals surface area (Å²) in [4.78, 5) is 20.9. The van der Waals surface area contributed by atoms with Gasteiger partial charge in [0.05, 0.1) is 6.61 Å². The van der Waals surface area contributed by atoms with Gasteiger partial charge in [-0.25, -0.2) is 4.79 Å². The molecule has 0 bridgehead atoms. The lowest BCUT2D eigenvalue weighted by molar-refractivity contribution is 0.0978.